The van der Waals surface area contributed by atoms with Crippen molar-refractivity contribution in [1.82, 2.24) is 0 Å². The van der Waals surface area contributed by atoms with Crippen molar-refractivity contribution in [1.29, 1.82) is 0 Å². The molecule has 1 nitrogen and oxygen atoms in total. The van der Waals surface area contributed by atoms with Crippen LogP contribution in [0.15, 0.2) is 224 Å². The molecule has 1 heteroatoms. The minimum Gasteiger partial charge on any atom is -0.310 e. The topological polar surface area (TPSA) is 3.24 Å². The van der Waals surface area contributed by atoms with Crippen LogP contribution in [0.1, 0.15) is 22.3 Å². The van der Waals surface area contributed by atoms with Crippen molar-refractivity contribution in [3.8, 4) is 34.1 Å². The van der Waals surface area contributed by atoms with Crippen LogP contribution in [-0.2, 0) is 5.41 Å². The van der Waals surface area contributed by atoms with E-state index in [0.29, 0.717) is 0 Å². The van der Waals surface area contributed by atoms with Gasteiger partial charge in [-0.3, -0.25) is 0 Å². The molecule has 246 valence electrons. The van der Waals surface area contributed by atoms with Crippen LogP contribution in [0.4, 0.5) is 17.1 Å². The first-order valence-corrected chi connectivity index (χ1v) is 17.7. The van der Waals surface area contributed by atoms with Gasteiger partial charge in [-0.2, -0.15) is 0 Å². The van der Waals surface area contributed by atoms with Crippen LogP contribution in [0, 0.1) is 11.8 Å². The maximum atomic E-state index is 3.80. The van der Waals surface area contributed by atoms with Crippen LogP contribution in [0.5, 0.6) is 0 Å². The van der Waals surface area contributed by atoms with E-state index in [9.17, 15) is 0 Å². The van der Waals surface area contributed by atoms with E-state index in [0.717, 1.165) is 50.4 Å². The van der Waals surface area contributed by atoms with Gasteiger partial charge in [-0.25, -0.2) is 0 Å². The Morgan fingerprint density at radius 3 is 1.17 bits per heavy atom. The van der Waals surface area contributed by atoms with Crippen LogP contribution in [0.2, 0.25) is 0 Å². The van der Waals surface area contributed by atoms with Gasteiger partial charge < -0.3 is 4.90 Å². The van der Waals surface area contributed by atoms with Gasteiger partial charge in [0.25, 0.3) is 0 Å². The standard InChI is InChI=1S/C51H37N/c1-7-19-40(20-8-1)35-36-51(45-25-13-4-14-26-45,46-27-15-5-16-28-46)47-31-33-49(34-32-47)52(48-29-17-6-18-30-48)50-38-43(41-21-9-2-10-22-41)37-44(39-50)42-23-11-3-12-24-42/h1-34,37-39H. The van der Waals surface area contributed by atoms with Gasteiger partial charge in [-0.15, -0.1) is 0 Å². The van der Waals surface area contributed by atoms with E-state index < -0.39 is 5.41 Å². The highest BCUT2D eigenvalue weighted by atomic mass is 15.1. The summed E-state index contributed by atoms with van der Waals surface area (Å²) in [6.07, 6.45) is 0. The van der Waals surface area contributed by atoms with Crippen LogP contribution in [0.3, 0.4) is 0 Å². The summed E-state index contributed by atoms with van der Waals surface area (Å²) in [5.74, 6) is 7.35. The summed E-state index contributed by atoms with van der Waals surface area (Å²) in [5, 5.41) is 0. The van der Waals surface area contributed by atoms with Crippen molar-refractivity contribution < 1.29 is 0 Å². The molecule has 0 aliphatic rings. The van der Waals surface area contributed by atoms with Gasteiger partial charge in [0.2, 0.25) is 0 Å². The third-order valence-electron chi connectivity index (χ3n) is 9.54. The zero-order chi connectivity index (χ0) is 35.0. The van der Waals surface area contributed by atoms with E-state index in [2.05, 4.69) is 223 Å². The highest BCUT2D eigenvalue weighted by molar-refractivity contribution is 5.85. The van der Waals surface area contributed by atoms with E-state index in [1.807, 2.05) is 18.2 Å². The van der Waals surface area contributed by atoms with Crippen molar-refractivity contribution in [3.05, 3.63) is 247 Å². The third-order valence-corrected chi connectivity index (χ3v) is 9.54. The van der Waals surface area contributed by atoms with Gasteiger partial charge in [0.1, 0.15) is 5.41 Å². The lowest BCUT2D eigenvalue weighted by molar-refractivity contribution is 0.809. The molecular formula is C51H37N. The van der Waals surface area contributed by atoms with Crippen molar-refractivity contribution in [3.63, 3.8) is 0 Å². The number of hydrogen-bond acceptors (Lipinski definition) is 1. The Labute approximate surface area is 307 Å². The molecule has 0 N–H and O–H groups in total. The average Bonchev–Trinajstić information content (AvgIpc) is 3.24. The summed E-state index contributed by atoms with van der Waals surface area (Å²) in [6.45, 7) is 0. The molecule has 0 fully saturated rings. The fourth-order valence-electron chi connectivity index (χ4n) is 7.00. The first-order chi connectivity index (χ1) is 25.8. The second-order valence-corrected chi connectivity index (χ2v) is 12.8. The van der Waals surface area contributed by atoms with E-state index in [-0.39, 0.29) is 0 Å². The molecule has 8 aromatic rings. The van der Waals surface area contributed by atoms with Crippen LogP contribution in [0.25, 0.3) is 22.3 Å². The van der Waals surface area contributed by atoms with Gasteiger partial charge in [0.15, 0.2) is 0 Å². The summed E-state index contributed by atoms with van der Waals surface area (Å²) in [7, 11) is 0. The lowest BCUT2D eigenvalue weighted by Gasteiger charge is -2.32. The third kappa shape index (κ3) is 6.67. The molecule has 8 aromatic carbocycles. The van der Waals surface area contributed by atoms with E-state index >= 15 is 0 Å². The molecule has 0 saturated carbocycles. The van der Waals surface area contributed by atoms with E-state index in [1.165, 1.54) is 11.1 Å². The SMILES string of the molecule is C(#CC(c1ccccc1)(c1ccccc1)c1ccc(N(c2ccccc2)c2cc(-c3ccccc3)cc(-c3ccccc3)c2)cc1)c1ccccc1. The molecule has 0 aliphatic carbocycles. The molecule has 52 heavy (non-hydrogen) atoms. The first-order valence-electron chi connectivity index (χ1n) is 17.7. The Balaban J connectivity index is 1.32. The monoisotopic (exact) mass is 663 g/mol. The quantitative estimate of drug-likeness (QED) is 0.116. The first kappa shape index (κ1) is 32.3. The highest BCUT2D eigenvalue weighted by Gasteiger charge is 2.35. The number of anilines is 3. The molecule has 0 heterocycles. The lowest BCUT2D eigenvalue weighted by atomic mass is 9.70. The molecule has 0 spiro atoms. The number of hydrogen-bond donors (Lipinski definition) is 0. The Kier molecular flexibility index (Phi) is 9.28. The smallest absolute Gasteiger partial charge is 0.107 e. The summed E-state index contributed by atoms with van der Waals surface area (Å²) in [6, 6.07) is 79.3. The Morgan fingerprint density at radius 1 is 0.308 bits per heavy atom. The Morgan fingerprint density at radius 2 is 0.692 bits per heavy atom. The average molecular weight is 664 g/mol. The summed E-state index contributed by atoms with van der Waals surface area (Å²) < 4.78 is 0. The Hall–Kier alpha value is -6.88. The molecule has 0 bridgehead atoms. The van der Waals surface area contributed by atoms with E-state index in [1.54, 1.807) is 0 Å². The molecule has 0 unspecified atom stereocenters. The van der Waals surface area contributed by atoms with Crippen molar-refractivity contribution in [2.45, 2.75) is 5.41 Å². The highest BCUT2D eigenvalue weighted by Crippen LogP contribution is 2.43. The summed E-state index contributed by atoms with van der Waals surface area (Å²) >= 11 is 0. The zero-order valence-corrected chi connectivity index (χ0v) is 28.8. The van der Waals surface area contributed by atoms with Crippen LogP contribution >= 0.6 is 0 Å². The summed E-state index contributed by atoms with van der Waals surface area (Å²) in [5.41, 5.74) is 11.5. The van der Waals surface area contributed by atoms with Gasteiger partial charge in [-0.05, 0) is 93.5 Å². The van der Waals surface area contributed by atoms with Gasteiger partial charge >= 0.3 is 0 Å². The maximum absolute atomic E-state index is 3.80. The minimum absolute atomic E-state index is 0.706. The largest absolute Gasteiger partial charge is 0.310 e. The molecule has 0 radical (unpaired) electrons. The van der Waals surface area contributed by atoms with Gasteiger partial charge in [-0.1, -0.05) is 182 Å². The number of rotatable bonds is 8. The minimum atomic E-state index is -0.706. The maximum Gasteiger partial charge on any atom is 0.107 e. The van der Waals surface area contributed by atoms with Crippen LogP contribution < -0.4 is 4.90 Å². The molecule has 8 rings (SSSR count). The number of nitrogens with zero attached hydrogens (tertiary/aromatic N) is 1. The molecule has 0 aliphatic heterocycles. The normalized spacial score (nSPS) is 10.9. The second-order valence-electron chi connectivity index (χ2n) is 12.8. The molecule has 0 amide bonds. The number of para-hydroxylation sites is 1. The lowest BCUT2D eigenvalue weighted by Crippen LogP contribution is -2.27. The predicted molar refractivity (Wildman–Crippen MR) is 218 cm³/mol. The second kappa shape index (κ2) is 14.9. The fraction of sp³-hybridized carbons (Fsp3) is 0.0196. The summed E-state index contributed by atoms with van der Waals surface area (Å²) in [4.78, 5) is 2.35. The van der Waals surface area contributed by atoms with Crippen molar-refractivity contribution in [2.24, 2.45) is 0 Å². The van der Waals surface area contributed by atoms with Crippen LogP contribution in [-0.4, -0.2) is 0 Å². The fourth-order valence-corrected chi connectivity index (χ4v) is 7.00. The zero-order valence-electron chi connectivity index (χ0n) is 28.8. The van der Waals surface area contributed by atoms with Crippen molar-refractivity contribution in [2.75, 3.05) is 4.90 Å². The van der Waals surface area contributed by atoms with Crippen molar-refractivity contribution >= 4 is 17.1 Å². The molecule has 0 saturated heterocycles. The molecular weight excluding hydrogens is 627 g/mol. The predicted octanol–water partition coefficient (Wildman–Crippen LogP) is 12.9. The number of benzene rings is 8. The van der Waals surface area contributed by atoms with Gasteiger partial charge in [0.05, 0.1) is 0 Å². The molecule has 0 aromatic heterocycles. The Bertz CT molecular complexity index is 2310. The van der Waals surface area contributed by atoms with Gasteiger partial charge in [0, 0.05) is 22.6 Å². The molecule has 0 atom stereocenters. The van der Waals surface area contributed by atoms with E-state index in [4.69, 9.17) is 0 Å².